The number of aromatic nitrogens is 1. The van der Waals surface area contributed by atoms with Crippen LogP contribution in [0.25, 0.3) is 0 Å². The van der Waals surface area contributed by atoms with Crippen LogP contribution in [-0.4, -0.2) is 45.9 Å². The van der Waals surface area contributed by atoms with Gasteiger partial charge in [0.1, 0.15) is 6.61 Å². The van der Waals surface area contributed by atoms with Crippen molar-refractivity contribution in [1.29, 1.82) is 0 Å². The molecule has 0 spiro atoms. The zero-order valence-corrected chi connectivity index (χ0v) is 22.3. The first kappa shape index (κ1) is 28.1. The van der Waals surface area contributed by atoms with Gasteiger partial charge in [-0.15, -0.1) is 11.3 Å². The molecule has 0 bridgehead atoms. The molecule has 37 heavy (non-hydrogen) atoms. The van der Waals surface area contributed by atoms with Crippen LogP contribution in [-0.2, 0) is 24.2 Å². The molecule has 3 atom stereocenters. The normalized spacial score (nSPS) is 13.7. The van der Waals surface area contributed by atoms with Gasteiger partial charge in [0.2, 0.25) is 0 Å². The summed E-state index contributed by atoms with van der Waals surface area (Å²) in [5.74, 6) is 0. The van der Waals surface area contributed by atoms with E-state index in [1.165, 1.54) is 11.3 Å². The Morgan fingerprint density at radius 1 is 0.973 bits per heavy atom. The van der Waals surface area contributed by atoms with Crippen LogP contribution >= 0.6 is 11.3 Å². The molecular weight excluding hydrogens is 488 g/mol. The van der Waals surface area contributed by atoms with E-state index in [0.717, 1.165) is 16.0 Å². The number of benzene rings is 2. The van der Waals surface area contributed by atoms with Gasteiger partial charge in [0.15, 0.2) is 0 Å². The van der Waals surface area contributed by atoms with Crippen LogP contribution in [0.3, 0.4) is 0 Å². The molecule has 0 aliphatic carbocycles. The number of nitrogens with one attached hydrogen (secondary N) is 3. The van der Waals surface area contributed by atoms with Crippen molar-refractivity contribution in [2.75, 3.05) is 0 Å². The fourth-order valence-corrected chi connectivity index (χ4v) is 4.41. The van der Waals surface area contributed by atoms with Gasteiger partial charge >= 0.3 is 12.1 Å². The molecule has 4 N–H and O–H groups in total. The van der Waals surface area contributed by atoms with Gasteiger partial charge in [0.05, 0.1) is 22.5 Å². The van der Waals surface area contributed by atoms with E-state index in [1.54, 1.807) is 11.7 Å². The number of rotatable bonds is 11. The molecule has 3 amide bonds. The number of thiazole rings is 1. The SMILES string of the molecule is CC(C)(C)NC(=O)NC(Cc1ccccc1)CC(O)C(Cc1ccccc1)NC(=O)OCc1cncs1. The topological polar surface area (TPSA) is 113 Å². The third-order valence-corrected chi connectivity index (χ3v) is 6.32. The van der Waals surface area contributed by atoms with Gasteiger partial charge < -0.3 is 25.8 Å². The minimum Gasteiger partial charge on any atom is -0.444 e. The monoisotopic (exact) mass is 524 g/mol. The lowest BCUT2D eigenvalue weighted by Gasteiger charge is -2.29. The Morgan fingerprint density at radius 2 is 1.59 bits per heavy atom. The van der Waals surface area contributed by atoms with E-state index in [2.05, 4.69) is 20.9 Å². The number of hydrogen-bond acceptors (Lipinski definition) is 6. The molecule has 1 heterocycles. The zero-order chi connectivity index (χ0) is 26.7. The second kappa shape index (κ2) is 13.8. The molecule has 3 rings (SSSR count). The summed E-state index contributed by atoms with van der Waals surface area (Å²) in [5.41, 5.74) is 3.27. The summed E-state index contributed by atoms with van der Waals surface area (Å²) in [6, 6.07) is 18.1. The van der Waals surface area contributed by atoms with Crippen molar-refractivity contribution in [2.45, 2.75) is 70.4 Å². The van der Waals surface area contributed by atoms with E-state index in [4.69, 9.17) is 4.74 Å². The van der Waals surface area contributed by atoms with Gasteiger partial charge in [-0.1, -0.05) is 60.7 Å². The molecular formula is C28H36N4O4S. The van der Waals surface area contributed by atoms with Crippen LogP contribution < -0.4 is 16.0 Å². The Bertz CT molecular complexity index is 1090. The number of carbonyl (C=O) groups is 2. The number of aliphatic hydroxyl groups excluding tert-OH is 1. The van der Waals surface area contributed by atoms with E-state index < -0.39 is 23.8 Å². The fourth-order valence-electron chi connectivity index (χ4n) is 3.90. The molecule has 0 fully saturated rings. The van der Waals surface area contributed by atoms with Crippen LogP contribution in [0.1, 0.15) is 43.2 Å². The molecule has 198 valence electrons. The first-order valence-electron chi connectivity index (χ1n) is 12.3. The van der Waals surface area contributed by atoms with Crippen LogP contribution in [0, 0.1) is 0 Å². The highest BCUT2D eigenvalue weighted by Gasteiger charge is 2.27. The molecule has 0 aliphatic rings. The molecule has 2 aromatic carbocycles. The Balaban J connectivity index is 1.72. The first-order chi connectivity index (χ1) is 17.7. The number of aliphatic hydroxyl groups is 1. The Kier molecular flexibility index (Phi) is 10.5. The molecule has 0 saturated heterocycles. The lowest BCUT2D eigenvalue weighted by molar-refractivity contribution is 0.0901. The second-order valence-corrected chi connectivity index (χ2v) is 11.0. The second-order valence-electron chi connectivity index (χ2n) is 10.0. The minimum atomic E-state index is -0.945. The van der Waals surface area contributed by atoms with E-state index in [1.807, 2.05) is 81.4 Å². The van der Waals surface area contributed by atoms with Gasteiger partial charge in [-0.2, -0.15) is 0 Å². The Hall–Kier alpha value is -3.43. The predicted molar refractivity (Wildman–Crippen MR) is 145 cm³/mol. The summed E-state index contributed by atoms with van der Waals surface area (Å²) in [6.45, 7) is 5.83. The molecule has 3 aromatic rings. The van der Waals surface area contributed by atoms with Crippen molar-refractivity contribution in [3.05, 3.63) is 88.4 Å². The number of alkyl carbamates (subject to hydrolysis) is 1. The lowest BCUT2D eigenvalue weighted by Crippen LogP contribution is -2.52. The number of urea groups is 1. The molecule has 3 unspecified atom stereocenters. The molecule has 8 nitrogen and oxygen atoms in total. The van der Waals surface area contributed by atoms with Crippen molar-refractivity contribution < 1.29 is 19.4 Å². The summed E-state index contributed by atoms with van der Waals surface area (Å²) in [5, 5.41) is 20.1. The third-order valence-electron chi connectivity index (χ3n) is 5.57. The number of carbonyl (C=O) groups excluding carboxylic acids is 2. The molecule has 0 radical (unpaired) electrons. The summed E-state index contributed by atoms with van der Waals surface area (Å²) >= 11 is 1.40. The highest BCUT2D eigenvalue weighted by Crippen LogP contribution is 2.15. The highest BCUT2D eigenvalue weighted by molar-refractivity contribution is 7.09. The van der Waals surface area contributed by atoms with Crippen LogP contribution in [0.4, 0.5) is 9.59 Å². The molecule has 9 heteroatoms. The molecule has 1 aromatic heterocycles. The van der Waals surface area contributed by atoms with Crippen molar-refractivity contribution in [3.8, 4) is 0 Å². The highest BCUT2D eigenvalue weighted by atomic mass is 32.1. The van der Waals surface area contributed by atoms with Crippen molar-refractivity contribution in [1.82, 2.24) is 20.9 Å². The van der Waals surface area contributed by atoms with Gasteiger partial charge in [-0.25, -0.2) is 9.59 Å². The van der Waals surface area contributed by atoms with Gasteiger partial charge in [0.25, 0.3) is 0 Å². The van der Waals surface area contributed by atoms with Gasteiger partial charge in [-0.05, 0) is 51.2 Å². The number of hydrogen-bond donors (Lipinski definition) is 4. The number of amides is 3. The third kappa shape index (κ3) is 10.6. The van der Waals surface area contributed by atoms with E-state index in [9.17, 15) is 14.7 Å². The molecule has 0 saturated carbocycles. The van der Waals surface area contributed by atoms with Crippen molar-refractivity contribution in [3.63, 3.8) is 0 Å². The first-order valence-corrected chi connectivity index (χ1v) is 13.2. The van der Waals surface area contributed by atoms with E-state index >= 15 is 0 Å². The smallest absolute Gasteiger partial charge is 0.407 e. The molecule has 0 aliphatic heterocycles. The quantitative estimate of drug-likeness (QED) is 0.296. The Labute approximate surface area is 222 Å². The van der Waals surface area contributed by atoms with Crippen molar-refractivity contribution in [2.24, 2.45) is 0 Å². The van der Waals surface area contributed by atoms with E-state index in [0.29, 0.717) is 12.8 Å². The fraction of sp³-hybridized carbons (Fsp3) is 0.393. The standard InChI is InChI=1S/C28H36N4O4S/c1-28(2,3)32-26(34)30-22(14-20-10-6-4-7-11-20)16-25(33)24(15-21-12-8-5-9-13-21)31-27(35)36-18-23-17-29-19-37-23/h4-13,17,19,22,24-25,33H,14-16,18H2,1-3H3,(H,31,35)(H2,30,32,34). The maximum Gasteiger partial charge on any atom is 0.407 e. The van der Waals surface area contributed by atoms with Gasteiger partial charge in [0, 0.05) is 17.8 Å². The average Bonchev–Trinajstić information content (AvgIpc) is 3.36. The average molecular weight is 525 g/mol. The maximum absolute atomic E-state index is 12.7. The minimum absolute atomic E-state index is 0.107. The zero-order valence-electron chi connectivity index (χ0n) is 21.5. The van der Waals surface area contributed by atoms with Crippen LogP contribution in [0.2, 0.25) is 0 Å². The van der Waals surface area contributed by atoms with Crippen molar-refractivity contribution >= 4 is 23.5 Å². The van der Waals surface area contributed by atoms with Gasteiger partial charge in [-0.3, -0.25) is 4.98 Å². The van der Waals surface area contributed by atoms with Crippen LogP contribution in [0.5, 0.6) is 0 Å². The van der Waals surface area contributed by atoms with E-state index in [-0.39, 0.29) is 25.1 Å². The maximum atomic E-state index is 12.7. The summed E-state index contributed by atoms with van der Waals surface area (Å²) in [6.07, 6.45) is 1.26. The summed E-state index contributed by atoms with van der Waals surface area (Å²) in [7, 11) is 0. The summed E-state index contributed by atoms with van der Waals surface area (Å²) in [4.78, 5) is 30.1. The largest absolute Gasteiger partial charge is 0.444 e. The Morgan fingerprint density at radius 3 is 2.16 bits per heavy atom. The predicted octanol–water partition coefficient (Wildman–Crippen LogP) is 4.44. The number of nitrogens with zero attached hydrogens (tertiary/aromatic N) is 1. The number of ether oxygens (including phenoxy) is 1. The van der Waals surface area contributed by atoms with Crippen LogP contribution in [0.15, 0.2) is 72.4 Å². The summed E-state index contributed by atoms with van der Waals surface area (Å²) < 4.78 is 5.35. The lowest BCUT2D eigenvalue weighted by atomic mass is 9.93.